The molecule has 0 bridgehead atoms. The lowest BCUT2D eigenvalue weighted by atomic mass is 9.89. The van der Waals surface area contributed by atoms with Crippen LogP contribution in [-0.4, -0.2) is 32.2 Å². The molecule has 0 radical (unpaired) electrons. The number of halogens is 3. The quantitative estimate of drug-likeness (QED) is 0.543. The van der Waals surface area contributed by atoms with Crippen LogP contribution in [0.3, 0.4) is 0 Å². The van der Waals surface area contributed by atoms with Crippen LogP contribution < -0.4 is 11.1 Å². The Morgan fingerprint density at radius 3 is 2.42 bits per heavy atom. The fourth-order valence-corrected chi connectivity index (χ4v) is 3.50. The van der Waals surface area contributed by atoms with Gasteiger partial charge in [0.15, 0.2) is 0 Å². The minimum Gasteiger partial charge on any atom is -0.383 e. The number of benzene rings is 1. The van der Waals surface area contributed by atoms with Crippen molar-refractivity contribution in [1.29, 1.82) is 0 Å². The summed E-state index contributed by atoms with van der Waals surface area (Å²) in [6.45, 7) is 7.82. The third-order valence-electron chi connectivity index (χ3n) is 5.32. The number of carbonyl (C=O) groups excluding carboxylic acids is 1. The smallest absolute Gasteiger partial charge is 0.383 e. The lowest BCUT2D eigenvalue weighted by Gasteiger charge is -2.21. The minimum absolute atomic E-state index is 0.133. The summed E-state index contributed by atoms with van der Waals surface area (Å²) < 4.78 is 40.1. The Morgan fingerprint density at radius 2 is 1.85 bits per heavy atom. The highest BCUT2D eigenvalue weighted by Gasteiger charge is 2.30. The number of carbonyl (C=O) groups is 1. The van der Waals surface area contributed by atoms with E-state index >= 15 is 0 Å². The molecule has 0 aliphatic rings. The SMILES string of the molecule is Cc1cnc(-n2cc(C(=O)NCC(CC(C)C)c3ccc(C(F)(F)F)cc3)c(C)n2)nc1N. The van der Waals surface area contributed by atoms with E-state index in [-0.39, 0.29) is 24.3 Å². The molecule has 2 aromatic heterocycles. The molecular formula is C23H27F3N6O. The normalized spacial score (nSPS) is 12.7. The van der Waals surface area contributed by atoms with E-state index in [2.05, 4.69) is 20.4 Å². The molecule has 0 saturated heterocycles. The van der Waals surface area contributed by atoms with Crippen molar-refractivity contribution in [3.63, 3.8) is 0 Å². The fourth-order valence-electron chi connectivity index (χ4n) is 3.50. The molecule has 7 nitrogen and oxygen atoms in total. The number of nitrogens with one attached hydrogen (secondary N) is 1. The summed E-state index contributed by atoms with van der Waals surface area (Å²) in [5.74, 6) is 0.407. The third kappa shape index (κ3) is 5.88. The summed E-state index contributed by atoms with van der Waals surface area (Å²) in [6.07, 6.45) is -0.566. The Bertz CT molecular complexity index is 1120. The number of aromatic nitrogens is 4. The Kier molecular flexibility index (Phi) is 7.04. The number of hydrogen-bond acceptors (Lipinski definition) is 5. The van der Waals surface area contributed by atoms with Gasteiger partial charge in [-0.2, -0.15) is 23.3 Å². The van der Waals surface area contributed by atoms with Crippen LogP contribution in [0.2, 0.25) is 0 Å². The Labute approximate surface area is 190 Å². The van der Waals surface area contributed by atoms with Gasteiger partial charge in [0.05, 0.1) is 16.8 Å². The van der Waals surface area contributed by atoms with Crippen molar-refractivity contribution in [2.45, 2.75) is 46.2 Å². The molecule has 3 N–H and O–H groups in total. The van der Waals surface area contributed by atoms with E-state index in [0.29, 0.717) is 29.4 Å². The van der Waals surface area contributed by atoms with E-state index in [9.17, 15) is 18.0 Å². The Balaban J connectivity index is 1.75. The summed E-state index contributed by atoms with van der Waals surface area (Å²) in [7, 11) is 0. The van der Waals surface area contributed by atoms with Gasteiger partial charge in [0, 0.05) is 30.4 Å². The van der Waals surface area contributed by atoms with Gasteiger partial charge in [0.25, 0.3) is 11.9 Å². The maximum Gasteiger partial charge on any atom is 0.416 e. The lowest BCUT2D eigenvalue weighted by Crippen LogP contribution is -2.29. The van der Waals surface area contributed by atoms with Gasteiger partial charge >= 0.3 is 6.18 Å². The van der Waals surface area contributed by atoms with Gasteiger partial charge in [-0.1, -0.05) is 26.0 Å². The van der Waals surface area contributed by atoms with Crippen LogP contribution in [-0.2, 0) is 6.18 Å². The van der Waals surface area contributed by atoms with E-state index in [0.717, 1.165) is 23.3 Å². The first-order valence-corrected chi connectivity index (χ1v) is 10.6. The molecule has 1 aromatic carbocycles. The van der Waals surface area contributed by atoms with E-state index in [1.807, 2.05) is 13.8 Å². The Hall–Kier alpha value is -3.43. The van der Waals surface area contributed by atoms with Crippen molar-refractivity contribution in [3.05, 3.63) is 64.6 Å². The number of amides is 1. The maximum absolute atomic E-state index is 12.9. The van der Waals surface area contributed by atoms with Crippen LogP contribution in [0.1, 0.15) is 58.9 Å². The number of hydrogen-bond donors (Lipinski definition) is 2. The fraction of sp³-hybridized carbons (Fsp3) is 0.391. The predicted octanol–water partition coefficient (Wildman–Crippen LogP) is 4.44. The molecule has 3 rings (SSSR count). The molecule has 0 spiro atoms. The van der Waals surface area contributed by atoms with Crippen LogP contribution >= 0.6 is 0 Å². The van der Waals surface area contributed by atoms with E-state index < -0.39 is 11.7 Å². The molecule has 3 aromatic rings. The summed E-state index contributed by atoms with van der Waals surface area (Å²) in [5, 5.41) is 7.20. The van der Waals surface area contributed by atoms with Gasteiger partial charge in [-0.25, -0.2) is 9.67 Å². The van der Waals surface area contributed by atoms with Crippen LogP contribution in [0, 0.1) is 19.8 Å². The molecule has 10 heteroatoms. The van der Waals surface area contributed by atoms with Crippen molar-refractivity contribution in [2.24, 2.45) is 5.92 Å². The zero-order valence-corrected chi connectivity index (χ0v) is 18.9. The van der Waals surface area contributed by atoms with E-state index in [1.165, 1.54) is 23.0 Å². The number of nitrogens with zero attached hydrogens (tertiary/aromatic N) is 4. The molecule has 33 heavy (non-hydrogen) atoms. The van der Waals surface area contributed by atoms with Crippen molar-refractivity contribution in [2.75, 3.05) is 12.3 Å². The second-order valence-corrected chi connectivity index (χ2v) is 8.47. The zero-order valence-electron chi connectivity index (χ0n) is 18.9. The molecule has 0 fully saturated rings. The molecule has 0 aliphatic carbocycles. The van der Waals surface area contributed by atoms with E-state index in [1.54, 1.807) is 20.0 Å². The molecular weight excluding hydrogens is 433 g/mol. The maximum atomic E-state index is 12.9. The van der Waals surface area contributed by atoms with Crippen molar-refractivity contribution in [1.82, 2.24) is 25.1 Å². The second-order valence-electron chi connectivity index (χ2n) is 8.47. The molecule has 0 aliphatic heterocycles. The van der Waals surface area contributed by atoms with Gasteiger partial charge in [-0.15, -0.1) is 0 Å². The van der Waals surface area contributed by atoms with Gasteiger partial charge in [-0.3, -0.25) is 4.79 Å². The first-order chi connectivity index (χ1) is 15.5. The number of aryl methyl sites for hydroxylation is 2. The average Bonchev–Trinajstić information content (AvgIpc) is 3.14. The third-order valence-corrected chi connectivity index (χ3v) is 5.32. The highest BCUT2D eigenvalue weighted by atomic mass is 19.4. The van der Waals surface area contributed by atoms with Crippen LogP contribution in [0.15, 0.2) is 36.7 Å². The highest BCUT2D eigenvalue weighted by Crippen LogP contribution is 2.31. The van der Waals surface area contributed by atoms with Crippen LogP contribution in [0.4, 0.5) is 19.0 Å². The molecule has 2 heterocycles. The number of nitrogen functional groups attached to an aromatic ring is 1. The van der Waals surface area contributed by atoms with Crippen LogP contribution in [0.25, 0.3) is 5.95 Å². The second kappa shape index (κ2) is 9.60. The average molecular weight is 461 g/mol. The molecule has 1 unspecified atom stereocenters. The number of anilines is 1. The minimum atomic E-state index is -4.39. The molecule has 1 atom stereocenters. The van der Waals surface area contributed by atoms with Gasteiger partial charge in [0.1, 0.15) is 5.82 Å². The van der Waals surface area contributed by atoms with Crippen molar-refractivity contribution >= 4 is 11.7 Å². The van der Waals surface area contributed by atoms with Crippen LogP contribution in [0.5, 0.6) is 0 Å². The Morgan fingerprint density at radius 1 is 1.18 bits per heavy atom. The number of rotatable bonds is 7. The van der Waals surface area contributed by atoms with Gasteiger partial charge in [-0.05, 0) is 43.9 Å². The van der Waals surface area contributed by atoms with Gasteiger partial charge < -0.3 is 11.1 Å². The number of nitrogens with two attached hydrogens (primary N) is 1. The summed E-state index contributed by atoms with van der Waals surface area (Å²) >= 11 is 0. The summed E-state index contributed by atoms with van der Waals surface area (Å²) in [6, 6.07) is 5.10. The van der Waals surface area contributed by atoms with E-state index in [4.69, 9.17) is 5.73 Å². The molecule has 0 saturated carbocycles. The largest absolute Gasteiger partial charge is 0.416 e. The predicted molar refractivity (Wildman–Crippen MR) is 119 cm³/mol. The zero-order chi connectivity index (χ0) is 24.3. The lowest BCUT2D eigenvalue weighted by molar-refractivity contribution is -0.137. The van der Waals surface area contributed by atoms with Crippen molar-refractivity contribution in [3.8, 4) is 5.95 Å². The first-order valence-electron chi connectivity index (χ1n) is 10.6. The van der Waals surface area contributed by atoms with Crippen molar-refractivity contribution < 1.29 is 18.0 Å². The summed E-state index contributed by atoms with van der Waals surface area (Å²) in [4.78, 5) is 21.2. The number of alkyl halides is 3. The van der Waals surface area contributed by atoms with Gasteiger partial charge in [0.2, 0.25) is 0 Å². The standard InChI is InChI=1S/C23H27F3N6O/c1-13(2)9-17(16-5-7-18(8-6-16)23(24,25)26)11-28-21(33)19-12-32(31-15(19)4)22-29-10-14(3)20(27)30-22/h5-8,10,12-13,17H,9,11H2,1-4H3,(H,28,33)(H2,27,29,30). The highest BCUT2D eigenvalue weighted by molar-refractivity contribution is 5.95. The first kappa shape index (κ1) is 24.2. The topological polar surface area (TPSA) is 98.7 Å². The summed E-state index contributed by atoms with van der Waals surface area (Å²) in [5.41, 5.74) is 7.47. The molecule has 176 valence electrons. The monoisotopic (exact) mass is 460 g/mol. The molecule has 1 amide bonds.